The van der Waals surface area contributed by atoms with Crippen molar-refractivity contribution in [1.29, 1.82) is 0 Å². The lowest BCUT2D eigenvalue weighted by Gasteiger charge is -2.08. The lowest BCUT2D eigenvalue weighted by Crippen LogP contribution is -2.24. The van der Waals surface area contributed by atoms with Gasteiger partial charge in [-0.3, -0.25) is 9.59 Å². The minimum atomic E-state index is -0.665. The van der Waals surface area contributed by atoms with E-state index >= 15 is 0 Å². The van der Waals surface area contributed by atoms with Gasteiger partial charge < -0.3 is 4.74 Å². The molecule has 3 rings (SSSR count). The first-order valence-electron chi connectivity index (χ1n) is 7.82. The highest BCUT2D eigenvalue weighted by molar-refractivity contribution is 6.03. The van der Waals surface area contributed by atoms with Gasteiger partial charge in [0.15, 0.2) is 11.5 Å². The van der Waals surface area contributed by atoms with Crippen LogP contribution in [0.2, 0.25) is 0 Å². The molecule has 0 unspecified atom stereocenters. The van der Waals surface area contributed by atoms with E-state index in [4.69, 9.17) is 4.74 Å². The number of aromatic nitrogens is 2. The molecule has 6 heteroatoms. The highest BCUT2D eigenvalue weighted by atomic mass is 16.5. The van der Waals surface area contributed by atoms with E-state index in [-0.39, 0.29) is 17.0 Å². The van der Waals surface area contributed by atoms with Gasteiger partial charge in [-0.25, -0.2) is 9.48 Å². The number of fused-ring (bicyclic) bond motifs is 1. The van der Waals surface area contributed by atoms with E-state index in [9.17, 15) is 14.4 Å². The lowest BCUT2D eigenvalue weighted by atomic mass is 10.1. The highest BCUT2D eigenvalue weighted by Crippen LogP contribution is 2.18. The molecule has 6 nitrogen and oxygen atoms in total. The number of hydrogen-bond acceptors (Lipinski definition) is 5. The van der Waals surface area contributed by atoms with E-state index in [0.717, 1.165) is 4.68 Å². The molecule has 0 bridgehead atoms. The molecule has 126 valence electrons. The molecular formula is C19H16N2O4. The number of benzene rings is 2. The summed E-state index contributed by atoms with van der Waals surface area (Å²) in [6, 6.07) is 13.1. The Bertz CT molecular complexity index is 1020. The van der Waals surface area contributed by atoms with Gasteiger partial charge in [0.25, 0.3) is 5.56 Å². The first-order chi connectivity index (χ1) is 12.0. The van der Waals surface area contributed by atoms with Crippen LogP contribution in [0, 0.1) is 0 Å². The minimum Gasteiger partial charge on any atom is -0.422 e. The molecule has 3 aromatic rings. The van der Waals surface area contributed by atoms with Gasteiger partial charge in [-0.1, -0.05) is 25.1 Å². The minimum absolute atomic E-state index is 0.0172. The largest absolute Gasteiger partial charge is 0.422 e. The maximum atomic E-state index is 12.5. The van der Waals surface area contributed by atoms with E-state index in [0.29, 0.717) is 28.5 Å². The van der Waals surface area contributed by atoms with Gasteiger partial charge in [-0.15, -0.1) is 0 Å². The van der Waals surface area contributed by atoms with Gasteiger partial charge in [0.2, 0.25) is 0 Å². The van der Waals surface area contributed by atoms with Crippen LogP contribution < -0.4 is 10.3 Å². The topological polar surface area (TPSA) is 78.3 Å². The molecule has 0 spiro atoms. The monoisotopic (exact) mass is 336 g/mol. The molecule has 0 amide bonds. The smallest absolute Gasteiger partial charge is 0.364 e. The SMILES string of the molecule is CCC(=O)c1ccc(OC(=O)c2nn(C)c(=O)c3ccccc23)cc1. The fraction of sp³-hybridized carbons (Fsp3) is 0.158. The van der Waals surface area contributed by atoms with Crippen molar-refractivity contribution in [3.63, 3.8) is 0 Å². The molecule has 1 heterocycles. The Morgan fingerprint density at radius 3 is 2.32 bits per heavy atom. The number of nitrogens with zero attached hydrogens (tertiary/aromatic N) is 2. The van der Waals surface area contributed by atoms with Crippen LogP contribution in [0.3, 0.4) is 0 Å². The molecule has 1 aromatic heterocycles. The zero-order valence-electron chi connectivity index (χ0n) is 13.9. The number of rotatable bonds is 4. The zero-order valence-corrected chi connectivity index (χ0v) is 13.9. The van der Waals surface area contributed by atoms with Crippen LogP contribution in [0.1, 0.15) is 34.2 Å². The quantitative estimate of drug-likeness (QED) is 0.416. The fourth-order valence-electron chi connectivity index (χ4n) is 2.52. The molecule has 0 aliphatic heterocycles. The second-order valence-corrected chi connectivity index (χ2v) is 5.51. The van der Waals surface area contributed by atoms with Gasteiger partial charge in [0.1, 0.15) is 5.75 Å². The van der Waals surface area contributed by atoms with Gasteiger partial charge in [0, 0.05) is 24.4 Å². The summed E-state index contributed by atoms with van der Waals surface area (Å²) in [5, 5.41) is 4.87. The number of ketones is 1. The first-order valence-corrected chi connectivity index (χ1v) is 7.82. The van der Waals surface area contributed by atoms with Crippen LogP contribution >= 0.6 is 0 Å². The van der Waals surface area contributed by atoms with E-state index in [1.165, 1.54) is 7.05 Å². The van der Waals surface area contributed by atoms with Crippen molar-refractivity contribution >= 4 is 22.5 Å². The second-order valence-electron chi connectivity index (χ2n) is 5.51. The summed E-state index contributed by atoms with van der Waals surface area (Å²) < 4.78 is 6.46. The van der Waals surface area contributed by atoms with E-state index in [1.54, 1.807) is 55.5 Å². The summed E-state index contributed by atoms with van der Waals surface area (Å²) in [6.07, 6.45) is 0.410. The molecule has 25 heavy (non-hydrogen) atoms. The van der Waals surface area contributed by atoms with Crippen molar-refractivity contribution in [2.45, 2.75) is 13.3 Å². The van der Waals surface area contributed by atoms with Gasteiger partial charge in [0.05, 0.1) is 5.39 Å². The molecule has 0 saturated heterocycles. The molecule has 0 saturated carbocycles. The van der Waals surface area contributed by atoms with Crippen LogP contribution in [-0.4, -0.2) is 21.5 Å². The average Bonchev–Trinajstić information content (AvgIpc) is 2.64. The third kappa shape index (κ3) is 3.19. The third-order valence-electron chi connectivity index (χ3n) is 3.86. The zero-order chi connectivity index (χ0) is 18.0. The number of ether oxygens (including phenoxy) is 1. The summed E-state index contributed by atoms with van der Waals surface area (Å²) in [6.45, 7) is 1.78. The van der Waals surface area contributed by atoms with Crippen LogP contribution in [0.15, 0.2) is 53.3 Å². The predicted molar refractivity (Wildman–Crippen MR) is 93.0 cm³/mol. The van der Waals surface area contributed by atoms with E-state index in [2.05, 4.69) is 5.10 Å². The number of aryl methyl sites for hydroxylation is 1. The van der Waals surface area contributed by atoms with Crippen molar-refractivity contribution in [3.8, 4) is 5.75 Å². The molecule has 0 fully saturated rings. The number of hydrogen-bond donors (Lipinski definition) is 0. The Balaban J connectivity index is 1.94. The molecule has 0 radical (unpaired) electrons. The number of esters is 1. The molecular weight excluding hydrogens is 320 g/mol. The van der Waals surface area contributed by atoms with Crippen molar-refractivity contribution in [2.75, 3.05) is 0 Å². The Labute approximate surface area is 143 Å². The molecule has 0 aliphatic rings. The Morgan fingerprint density at radius 1 is 1.04 bits per heavy atom. The Morgan fingerprint density at radius 2 is 1.68 bits per heavy atom. The van der Waals surface area contributed by atoms with Gasteiger partial charge in [-0.2, -0.15) is 5.10 Å². The van der Waals surface area contributed by atoms with Crippen LogP contribution in [0.5, 0.6) is 5.75 Å². The van der Waals surface area contributed by atoms with E-state index in [1.807, 2.05) is 0 Å². The molecule has 0 atom stereocenters. The van der Waals surface area contributed by atoms with Crippen LogP contribution in [0.4, 0.5) is 0 Å². The molecule has 0 aliphatic carbocycles. The van der Waals surface area contributed by atoms with Crippen molar-refractivity contribution < 1.29 is 14.3 Å². The summed E-state index contributed by atoms with van der Waals surface area (Å²) in [4.78, 5) is 36.2. The third-order valence-corrected chi connectivity index (χ3v) is 3.86. The van der Waals surface area contributed by atoms with Gasteiger partial charge in [-0.05, 0) is 30.3 Å². The standard InChI is InChI=1S/C19H16N2O4/c1-3-16(22)12-8-10-13(11-9-12)25-19(24)17-14-6-4-5-7-15(14)18(23)21(2)20-17/h4-11H,3H2,1-2H3. The Kier molecular flexibility index (Phi) is 4.43. The summed E-state index contributed by atoms with van der Waals surface area (Å²) in [5.74, 6) is -0.345. The van der Waals surface area contributed by atoms with Crippen molar-refractivity contribution in [2.24, 2.45) is 7.05 Å². The Hall–Kier alpha value is -3.28. The first kappa shape index (κ1) is 16.6. The summed E-state index contributed by atoms with van der Waals surface area (Å²) in [5.41, 5.74) is 0.342. The average molecular weight is 336 g/mol. The fourth-order valence-corrected chi connectivity index (χ4v) is 2.52. The normalized spacial score (nSPS) is 10.6. The van der Waals surface area contributed by atoms with E-state index < -0.39 is 5.97 Å². The maximum Gasteiger partial charge on any atom is 0.364 e. The number of carbonyl (C=O) groups excluding carboxylic acids is 2. The summed E-state index contributed by atoms with van der Waals surface area (Å²) >= 11 is 0. The van der Waals surface area contributed by atoms with Crippen molar-refractivity contribution in [1.82, 2.24) is 9.78 Å². The molecule has 0 N–H and O–H groups in total. The lowest BCUT2D eigenvalue weighted by molar-refractivity contribution is 0.0728. The number of carbonyl (C=O) groups is 2. The highest BCUT2D eigenvalue weighted by Gasteiger charge is 2.17. The second kappa shape index (κ2) is 6.68. The number of Topliss-reactive ketones (excluding diaryl/α,β-unsaturated/α-hetero) is 1. The van der Waals surface area contributed by atoms with Crippen molar-refractivity contribution in [3.05, 3.63) is 70.1 Å². The van der Waals surface area contributed by atoms with Crippen LogP contribution in [-0.2, 0) is 7.05 Å². The predicted octanol–water partition coefficient (Wildman–Crippen LogP) is 2.75. The molecule has 2 aromatic carbocycles. The van der Waals surface area contributed by atoms with Gasteiger partial charge >= 0.3 is 5.97 Å². The van der Waals surface area contributed by atoms with Crippen LogP contribution in [0.25, 0.3) is 10.8 Å². The maximum absolute atomic E-state index is 12.5. The summed E-state index contributed by atoms with van der Waals surface area (Å²) in [7, 11) is 1.48.